The standard InChI is InChI=1S/C20H17Cl2N5/c1-11-3-6-17(12(2)7-11)27-20-14(9-26-27)19(24-10-25-20)18(23)13-4-5-15(21)16(22)8-13/h3-10,18H,23H2,1-2H3. The Morgan fingerprint density at radius 1 is 1.00 bits per heavy atom. The fourth-order valence-electron chi connectivity index (χ4n) is 3.19. The molecule has 2 N–H and O–H groups in total. The Labute approximate surface area is 166 Å². The second kappa shape index (κ2) is 6.93. The average molecular weight is 398 g/mol. The lowest BCUT2D eigenvalue weighted by atomic mass is 10.0. The molecule has 0 aliphatic carbocycles. The number of aryl methyl sites for hydroxylation is 2. The molecule has 0 aliphatic heterocycles. The van der Waals surface area contributed by atoms with Crippen LogP contribution in [-0.2, 0) is 0 Å². The van der Waals surface area contributed by atoms with E-state index in [9.17, 15) is 0 Å². The highest BCUT2D eigenvalue weighted by molar-refractivity contribution is 6.42. The summed E-state index contributed by atoms with van der Waals surface area (Å²) < 4.78 is 1.82. The summed E-state index contributed by atoms with van der Waals surface area (Å²) in [5.74, 6) is 0. The summed E-state index contributed by atoms with van der Waals surface area (Å²) in [6.07, 6.45) is 3.26. The third-order valence-electron chi connectivity index (χ3n) is 4.57. The normalized spacial score (nSPS) is 12.5. The van der Waals surface area contributed by atoms with Crippen molar-refractivity contribution >= 4 is 34.2 Å². The lowest BCUT2D eigenvalue weighted by molar-refractivity contribution is 0.832. The summed E-state index contributed by atoms with van der Waals surface area (Å²) in [5, 5.41) is 6.29. The molecule has 0 spiro atoms. The lowest BCUT2D eigenvalue weighted by Crippen LogP contribution is -2.14. The second-order valence-electron chi connectivity index (χ2n) is 6.49. The minimum absolute atomic E-state index is 0.459. The van der Waals surface area contributed by atoms with Crippen LogP contribution in [0.5, 0.6) is 0 Å². The molecular formula is C20H17Cl2N5. The molecule has 0 aliphatic rings. The molecule has 0 saturated heterocycles. The molecule has 1 unspecified atom stereocenters. The molecule has 0 saturated carbocycles. The summed E-state index contributed by atoms with van der Waals surface area (Å²) in [7, 11) is 0. The van der Waals surface area contributed by atoms with E-state index in [-0.39, 0.29) is 0 Å². The van der Waals surface area contributed by atoms with Gasteiger partial charge in [0.15, 0.2) is 5.65 Å². The summed E-state index contributed by atoms with van der Waals surface area (Å²) in [5.41, 5.74) is 12.0. The van der Waals surface area contributed by atoms with Gasteiger partial charge in [0, 0.05) is 0 Å². The number of rotatable bonds is 3. The Bertz CT molecular complexity index is 1150. The van der Waals surface area contributed by atoms with Gasteiger partial charge in [-0.2, -0.15) is 5.10 Å². The largest absolute Gasteiger partial charge is 0.319 e. The molecule has 2 aromatic heterocycles. The van der Waals surface area contributed by atoms with Crippen molar-refractivity contribution in [1.82, 2.24) is 19.7 Å². The average Bonchev–Trinajstić information content (AvgIpc) is 3.07. The first-order chi connectivity index (χ1) is 13.0. The first-order valence-corrected chi connectivity index (χ1v) is 9.18. The molecule has 7 heteroatoms. The number of nitrogens with zero attached hydrogens (tertiary/aromatic N) is 4. The van der Waals surface area contributed by atoms with Crippen LogP contribution >= 0.6 is 23.2 Å². The molecule has 2 aromatic carbocycles. The first kappa shape index (κ1) is 17.9. The third-order valence-corrected chi connectivity index (χ3v) is 5.31. The molecule has 1 atom stereocenters. The van der Waals surface area contributed by atoms with Crippen LogP contribution in [0.4, 0.5) is 0 Å². The van der Waals surface area contributed by atoms with E-state index in [2.05, 4.69) is 41.0 Å². The van der Waals surface area contributed by atoms with Gasteiger partial charge in [0.1, 0.15) is 6.33 Å². The quantitative estimate of drug-likeness (QED) is 0.539. The number of halogens is 2. The van der Waals surface area contributed by atoms with Crippen LogP contribution in [0.1, 0.15) is 28.4 Å². The fraction of sp³-hybridized carbons (Fsp3) is 0.150. The molecule has 0 fully saturated rings. The number of hydrogen-bond donors (Lipinski definition) is 1. The van der Waals surface area contributed by atoms with Crippen LogP contribution in [0.15, 0.2) is 48.9 Å². The summed E-state index contributed by atoms with van der Waals surface area (Å²) in [6, 6.07) is 11.1. The van der Waals surface area contributed by atoms with Crippen LogP contribution in [-0.4, -0.2) is 19.7 Å². The van der Waals surface area contributed by atoms with E-state index in [1.54, 1.807) is 18.3 Å². The van der Waals surface area contributed by atoms with Crippen LogP contribution in [0.3, 0.4) is 0 Å². The zero-order valence-corrected chi connectivity index (χ0v) is 16.3. The van der Waals surface area contributed by atoms with Crippen LogP contribution in [0, 0.1) is 13.8 Å². The van der Waals surface area contributed by atoms with Crippen molar-refractivity contribution in [2.45, 2.75) is 19.9 Å². The smallest absolute Gasteiger partial charge is 0.166 e. The van der Waals surface area contributed by atoms with Crippen molar-refractivity contribution in [2.24, 2.45) is 5.73 Å². The van der Waals surface area contributed by atoms with E-state index in [1.807, 2.05) is 16.8 Å². The van der Waals surface area contributed by atoms with Crippen LogP contribution < -0.4 is 5.73 Å². The third kappa shape index (κ3) is 3.18. The van der Waals surface area contributed by atoms with Crippen molar-refractivity contribution in [3.63, 3.8) is 0 Å². The van der Waals surface area contributed by atoms with Gasteiger partial charge in [0.2, 0.25) is 0 Å². The molecule has 4 aromatic rings. The van der Waals surface area contributed by atoms with Gasteiger partial charge in [-0.05, 0) is 43.2 Å². The van der Waals surface area contributed by atoms with E-state index >= 15 is 0 Å². The second-order valence-corrected chi connectivity index (χ2v) is 7.31. The van der Waals surface area contributed by atoms with Crippen molar-refractivity contribution in [3.05, 3.63) is 81.4 Å². The first-order valence-electron chi connectivity index (χ1n) is 8.42. The van der Waals surface area contributed by atoms with Crippen molar-refractivity contribution < 1.29 is 0 Å². The van der Waals surface area contributed by atoms with E-state index < -0.39 is 6.04 Å². The molecule has 0 bridgehead atoms. The zero-order chi connectivity index (χ0) is 19.1. The molecule has 5 nitrogen and oxygen atoms in total. The van der Waals surface area contributed by atoms with Gasteiger partial charge in [-0.15, -0.1) is 0 Å². The minimum atomic E-state index is -0.470. The Morgan fingerprint density at radius 2 is 1.81 bits per heavy atom. The zero-order valence-electron chi connectivity index (χ0n) is 14.8. The van der Waals surface area contributed by atoms with Crippen molar-refractivity contribution in [3.8, 4) is 5.69 Å². The van der Waals surface area contributed by atoms with Gasteiger partial charge >= 0.3 is 0 Å². The van der Waals surface area contributed by atoms with E-state index in [0.717, 1.165) is 22.2 Å². The Balaban J connectivity index is 1.84. The Kier molecular flexibility index (Phi) is 4.60. The lowest BCUT2D eigenvalue weighted by Gasteiger charge is -2.13. The molecular weight excluding hydrogens is 381 g/mol. The van der Waals surface area contributed by atoms with E-state index in [1.165, 1.54) is 11.9 Å². The van der Waals surface area contributed by atoms with Gasteiger partial charge in [-0.1, -0.05) is 47.0 Å². The SMILES string of the molecule is Cc1ccc(-n2ncc3c(C(N)c4ccc(Cl)c(Cl)c4)ncnc32)c(C)c1. The molecule has 27 heavy (non-hydrogen) atoms. The summed E-state index contributed by atoms with van der Waals surface area (Å²) in [6.45, 7) is 4.12. The van der Waals surface area contributed by atoms with Gasteiger partial charge in [0.05, 0.1) is 39.1 Å². The molecule has 136 valence electrons. The number of fused-ring (bicyclic) bond motifs is 1. The Hall–Kier alpha value is -2.47. The molecule has 2 heterocycles. The molecule has 0 radical (unpaired) electrons. The minimum Gasteiger partial charge on any atom is -0.319 e. The molecule has 0 amide bonds. The van der Waals surface area contributed by atoms with Crippen molar-refractivity contribution in [1.29, 1.82) is 0 Å². The van der Waals surface area contributed by atoms with E-state index in [4.69, 9.17) is 28.9 Å². The number of hydrogen-bond acceptors (Lipinski definition) is 4. The highest BCUT2D eigenvalue weighted by Gasteiger charge is 2.19. The number of nitrogens with two attached hydrogens (primary N) is 1. The topological polar surface area (TPSA) is 69.6 Å². The highest BCUT2D eigenvalue weighted by atomic mass is 35.5. The van der Waals surface area contributed by atoms with Crippen molar-refractivity contribution in [2.75, 3.05) is 0 Å². The predicted molar refractivity (Wildman–Crippen MR) is 109 cm³/mol. The monoisotopic (exact) mass is 397 g/mol. The Morgan fingerprint density at radius 3 is 2.56 bits per heavy atom. The summed E-state index contributed by atoms with van der Waals surface area (Å²) in [4.78, 5) is 8.85. The predicted octanol–water partition coefficient (Wildman–Crippen LogP) is 4.79. The van der Waals surface area contributed by atoms with Crippen LogP contribution in [0.25, 0.3) is 16.7 Å². The van der Waals surface area contributed by atoms with E-state index in [0.29, 0.717) is 21.4 Å². The van der Waals surface area contributed by atoms with Gasteiger partial charge in [0.25, 0.3) is 0 Å². The van der Waals surface area contributed by atoms with Gasteiger partial charge < -0.3 is 5.73 Å². The maximum Gasteiger partial charge on any atom is 0.166 e. The maximum absolute atomic E-state index is 6.47. The van der Waals surface area contributed by atoms with Gasteiger partial charge in [-0.25, -0.2) is 14.6 Å². The highest BCUT2D eigenvalue weighted by Crippen LogP contribution is 2.30. The summed E-state index contributed by atoms with van der Waals surface area (Å²) >= 11 is 12.2. The fourth-order valence-corrected chi connectivity index (χ4v) is 3.50. The van der Waals surface area contributed by atoms with Gasteiger partial charge in [-0.3, -0.25) is 0 Å². The number of aromatic nitrogens is 4. The maximum atomic E-state index is 6.47. The molecule has 4 rings (SSSR count). The van der Waals surface area contributed by atoms with Crippen LogP contribution in [0.2, 0.25) is 10.0 Å². The number of benzene rings is 2.